The van der Waals surface area contributed by atoms with Gasteiger partial charge in [0, 0.05) is 23.2 Å². The van der Waals surface area contributed by atoms with E-state index >= 15 is 0 Å². The Hall–Kier alpha value is -1.58. The van der Waals surface area contributed by atoms with E-state index < -0.39 is 38.7 Å². The lowest BCUT2D eigenvalue weighted by Crippen LogP contribution is -2.16. The molecule has 0 aliphatic heterocycles. The molecule has 1 aromatic carbocycles. The molecule has 0 spiro atoms. The van der Waals surface area contributed by atoms with Crippen molar-refractivity contribution in [3.8, 4) is 0 Å². The molecule has 0 radical (unpaired) electrons. The van der Waals surface area contributed by atoms with Crippen LogP contribution < -0.4 is 10.5 Å². The fraction of sp³-hybridized carbons (Fsp3) is 0.182. The van der Waals surface area contributed by atoms with Gasteiger partial charge in [0.2, 0.25) is 0 Å². The summed E-state index contributed by atoms with van der Waals surface area (Å²) in [4.78, 5) is 3.96. The number of rotatable bonds is 4. The number of hydrogen-bond donors (Lipinski definition) is 2. The van der Waals surface area contributed by atoms with Crippen LogP contribution in [0.15, 0.2) is 23.2 Å². The molecule has 2 rings (SSSR count). The van der Waals surface area contributed by atoms with Crippen LogP contribution in [0.2, 0.25) is 0 Å². The number of aromatic nitrogens is 1. The van der Waals surface area contributed by atoms with E-state index in [1.807, 2.05) is 0 Å². The maximum atomic E-state index is 14.0. The number of hydrogen-bond acceptors (Lipinski definition) is 5. The standard InChI is InChI=1S/C11H11F2N3O2S2/c1-6-5-15-11(19-6)16-20(17,18)9-3-2-8(12)7(4-14)10(9)13/h2-3,5H,4,14H2,1H3,(H,15,16). The van der Waals surface area contributed by atoms with Crippen LogP contribution in [0.25, 0.3) is 0 Å². The minimum atomic E-state index is -4.18. The second-order valence-corrected chi connectivity index (χ2v) is 6.81. The summed E-state index contributed by atoms with van der Waals surface area (Å²) in [7, 11) is -4.18. The second-order valence-electron chi connectivity index (χ2n) is 3.92. The molecular weight excluding hydrogens is 308 g/mol. The van der Waals surface area contributed by atoms with Crippen LogP contribution in [0.1, 0.15) is 10.4 Å². The van der Waals surface area contributed by atoms with E-state index in [-0.39, 0.29) is 5.13 Å². The van der Waals surface area contributed by atoms with Gasteiger partial charge < -0.3 is 5.73 Å². The lowest BCUT2D eigenvalue weighted by Gasteiger charge is -2.09. The fourth-order valence-electron chi connectivity index (χ4n) is 1.54. The first-order valence-corrected chi connectivity index (χ1v) is 7.77. The number of sulfonamides is 1. The van der Waals surface area contributed by atoms with Crippen molar-refractivity contribution in [2.75, 3.05) is 4.72 Å². The molecule has 0 saturated carbocycles. The summed E-state index contributed by atoms with van der Waals surface area (Å²) in [5, 5.41) is 0.112. The van der Waals surface area contributed by atoms with Gasteiger partial charge in [-0.15, -0.1) is 11.3 Å². The van der Waals surface area contributed by atoms with Gasteiger partial charge in [-0.1, -0.05) is 0 Å². The number of anilines is 1. The summed E-state index contributed by atoms with van der Waals surface area (Å²) in [6.07, 6.45) is 1.48. The van der Waals surface area contributed by atoms with E-state index in [4.69, 9.17) is 5.73 Å². The minimum Gasteiger partial charge on any atom is -0.326 e. The van der Waals surface area contributed by atoms with E-state index in [2.05, 4.69) is 9.71 Å². The van der Waals surface area contributed by atoms with Crippen molar-refractivity contribution in [1.29, 1.82) is 0 Å². The molecule has 1 heterocycles. The highest BCUT2D eigenvalue weighted by atomic mass is 32.2. The largest absolute Gasteiger partial charge is 0.326 e. The molecule has 108 valence electrons. The van der Waals surface area contributed by atoms with Crippen molar-refractivity contribution in [2.24, 2.45) is 5.73 Å². The molecule has 5 nitrogen and oxygen atoms in total. The summed E-state index contributed by atoms with van der Waals surface area (Å²) < 4.78 is 53.6. The molecule has 0 aliphatic carbocycles. The molecule has 0 fully saturated rings. The molecule has 0 unspecified atom stereocenters. The SMILES string of the molecule is Cc1cnc(NS(=O)(=O)c2ccc(F)c(CN)c2F)s1. The molecule has 2 aromatic rings. The van der Waals surface area contributed by atoms with Crippen LogP contribution in [0, 0.1) is 18.6 Å². The van der Waals surface area contributed by atoms with Gasteiger partial charge in [0.25, 0.3) is 10.0 Å². The van der Waals surface area contributed by atoms with Crippen LogP contribution in [0.5, 0.6) is 0 Å². The fourth-order valence-corrected chi connectivity index (χ4v) is 3.55. The van der Waals surface area contributed by atoms with Crippen molar-refractivity contribution < 1.29 is 17.2 Å². The molecule has 3 N–H and O–H groups in total. The molecular formula is C11H11F2N3O2S2. The van der Waals surface area contributed by atoms with Gasteiger partial charge in [-0.25, -0.2) is 22.2 Å². The summed E-state index contributed by atoms with van der Waals surface area (Å²) in [5.41, 5.74) is 4.74. The Morgan fingerprint density at radius 3 is 2.65 bits per heavy atom. The quantitative estimate of drug-likeness (QED) is 0.902. The average molecular weight is 319 g/mol. The zero-order valence-corrected chi connectivity index (χ0v) is 12.0. The summed E-state index contributed by atoms with van der Waals surface area (Å²) in [6, 6.07) is 1.72. The number of aryl methyl sites for hydroxylation is 1. The molecule has 0 aliphatic rings. The summed E-state index contributed by atoms with van der Waals surface area (Å²) >= 11 is 1.11. The Balaban J connectivity index is 2.44. The second kappa shape index (κ2) is 5.43. The number of nitrogens with two attached hydrogens (primary N) is 1. The Morgan fingerprint density at radius 1 is 1.40 bits per heavy atom. The number of thiazole rings is 1. The van der Waals surface area contributed by atoms with E-state index in [1.54, 1.807) is 6.92 Å². The number of nitrogens with one attached hydrogen (secondary N) is 1. The third-order valence-electron chi connectivity index (χ3n) is 2.49. The van der Waals surface area contributed by atoms with Gasteiger partial charge in [-0.05, 0) is 19.1 Å². The van der Waals surface area contributed by atoms with Crippen molar-refractivity contribution in [2.45, 2.75) is 18.4 Å². The highest BCUT2D eigenvalue weighted by Crippen LogP contribution is 2.25. The van der Waals surface area contributed by atoms with Crippen molar-refractivity contribution in [1.82, 2.24) is 4.98 Å². The van der Waals surface area contributed by atoms with Gasteiger partial charge in [0.1, 0.15) is 10.7 Å². The van der Waals surface area contributed by atoms with E-state index in [1.165, 1.54) is 6.20 Å². The monoisotopic (exact) mass is 319 g/mol. The van der Waals surface area contributed by atoms with E-state index in [9.17, 15) is 17.2 Å². The lowest BCUT2D eigenvalue weighted by atomic mass is 10.2. The molecule has 9 heteroatoms. The Labute approximate surface area is 118 Å². The van der Waals surface area contributed by atoms with Gasteiger partial charge in [0.05, 0.1) is 0 Å². The van der Waals surface area contributed by atoms with E-state index in [0.717, 1.165) is 28.3 Å². The third-order valence-corrected chi connectivity index (χ3v) is 4.80. The molecule has 0 bridgehead atoms. The van der Waals surface area contributed by atoms with Gasteiger partial charge >= 0.3 is 0 Å². The Morgan fingerprint density at radius 2 is 2.10 bits per heavy atom. The summed E-state index contributed by atoms with van der Waals surface area (Å²) in [6.45, 7) is 1.32. The average Bonchev–Trinajstić information content (AvgIpc) is 2.74. The maximum Gasteiger partial charge on any atom is 0.266 e. The normalized spacial score (nSPS) is 11.6. The zero-order valence-electron chi connectivity index (χ0n) is 10.4. The lowest BCUT2D eigenvalue weighted by molar-refractivity contribution is 0.530. The van der Waals surface area contributed by atoms with Crippen LogP contribution in [0.4, 0.5) is 13.9 Å². The number of nitrogens with zero attached hydrogens (tertiary/aromatic N) is 1. The highest BCUT2D eigenvalue weighted by Gasteiger charge is 2.24. The number of benzene rings is 1. The minimum absolute atomic E-state index is 0.112. The van der Waals surface area contributed by atoms with Crippen LogP contribution >= 0.6 is 11.3 Å². The molecule has 20 heavy (non-hydrogen) atoms. The maximum absolute atomic E-state index is 14.0. The van der Waals surface area contributed by atoms with Crippen molar-refractivity contribution >= 4 is 26.5 Å². The topological polar surface area (TPSA) is 85.1 Å². The smallest absolute Gasteiger partial charge is 0.266 e. The Bertz CT molecular complexity index is 744. The first kappa shape index (κ1) is 14.8. The van der Waals surface area contributed by atoms with Gasteiger partial charge in [-0.2, -0.15) is 0 Å². The first-order valence-electron chi connectivity index (χ1n) is 5.47. The van der Waals surface area contributed by atoms with Crippen LogP contribution in [-0.2, 0) is 16.6 Å². The van der Waals surface area contributed by atoms with Gasteiger partial charge in [-0.3, -0.25) is 4.72 Å². The van der Waals surface area contributed by atoms with E-state index in [0.29, 0.717) is 0 Å². The highest BCUT2D eigenvalue weighted by molar-refractivity contribution is 7.93. The Kier molecular flexibility index (Phi) is 4.02. The third kappa shape index (κ3) is 2.79. The molecule has 0 saturated heterocycles. The first-order chi connectivity index (χ1) is 9.35. The zero-order chi connectivity index (χ0) is 14.9. The van der Waals surface area contributed by atoms with Crippen LogP contribution in [-0.4, -0.2) is 13.4 Å². The molecule has 1 aromatic heterocycles. The molecule has 0 amide bonds. The van der Waals surface area contributed by atoms with Crippen molar-refractivity contribution in [3.63, 3.8) is 0 Å². The number of halogens is 2. The summed E-state index contributed by atoms with van der Waals surface area (Å²) in [5.74, 6) is -2.07. The predicted molar refractivity (Wildman–Crippen MR) is 71.9 cm³/mol. The predicted octanol–water partition coefficient (Wildman–Crippen LogP) is 1.99. The van der Waals surface area contributed by atoms with Gasteiger partial charge in [0.15, 0.2) is 10.9 Å². The van der Waals surface area contributed by atoms with Crippen molar-refractivity contribution in [3.05, 3.63) is 40.4 Å². The molecule has 0 atom stereocenters. The van der Waals surface area contributed by atoms with Crippen LogP contribution in [0.3, 0.4) is 0 Å².